The lowest BCUT2D eigenvalue weighted by Crippen LogP contribution is -2.49. The molecule has 3 aromatic heterocycles. The Labute approximate surface area is 219 Å². The summed E-state index contributed by atoms with van der Waals surface area (Å²) in [6.45, 7) is 1.24. The molecule has 36 heavy (non-hydrogen) atoms. The van der Waals surface area contributed by atoms with Crippen LogP contribution >= 0.6 is 27.5 Å². The smallest absolute Gasteiger partial charge is 0.294 e. The third-order valence-electron chi connectivity index (χ3n) is 6.45. The first kappa shape index (κ1) is 24.7. The number of halogens is 2. The molecule has 2 N–H and O–H groups in total. The summed E-state index contributed by atoms with van der Waals surface area (Å²) >= 11 is 9.21. The number of furan rings is 1. The van der Waals surface area contributed by atoms with Crippen LogP contribution in [0.4, 0.5) is 11.5 Å². The monoisotopic (exact) mass is 575 g/mol. The number of hydrogen-bond donors (Lipinski definition) is 2. The number of morpholine rings is 1. The lowest BCUT2D eigenvalue weighted by molar-refractivity contribution is -0.146. The third kappa shape index (κ3) is 5.23. The summed E-state index contributed by atoms with van der Waals surface area (Å²) < 4.78 is 11.5. The Bertz CT molecular complexity index is 1310. The van der Waals surface area contributed by atoms with Gasteiger partial charge in [0.2, 0.25) is 17.6 Å². The van der Waals surface area contributed by atoms with Crippen molar-refractivity contribution in [3.63, 3.8) is 0 Å². The summed E-state index contributed by atoms with van der Waals surface area (Å²) in [5.41, 5.74) is 0.921. The number of carbonyl (C=O) groups excluding carboxylic acids is 3. The fourth-order valence-electron chi connectivity index (χ4n) is 4.64. The summed E-state index contributed by atoms with van der Waals surface area (Å²) in [6.07, 6.45) is 4.14. The van der Waals surface area contributed by atoms with E-state index in [9.17, 15) is 14.4 Å². The first-order valence-corrected chi connectivity index (χ1v) is 12.8. The van der Waals surface area contributed by atoms with Crippen molar-refractivity contribution in [2.45, 2.75) is 31.7 Å². The molecule has 188 valence electrons. The van der Waals surface area contributed by atoms with Crippen LogP contribution in [0.15, 0.2) is 39.5 Å². The van der Waals surface area contributed by atoms with Gasteiger partial charge in [-0.1, -0.05) is 11.6 Å². The van der Waals surface area contributed by atoms with E-state index in [1.165, 1.54) is 6.20 Å². The maximum Gasteiger partial charge on any atom is 0.294 e. The zero-order valence-corrected chi connectivity index (χ0v) is 21.5. The number of fused-ring (bicyclic) bond motifs is 1. The van der Waals surface area contributed by atoms with Crippen LogP contribution < -0.4 is 10.6 Å². The fraction of sp³-hybridized carbons (Fsp3) is 0.375. The quantitative estimate of drug-likeness (QED) is 0.435. The SMILES string of the molecule is O=C(Nc1ccc(Cl)cn1)c1oc2ccc(Br)nc2c1NC(=O)[C@H]1CC[C@H](N2CCOCC2=O)CC1. The number of nitrogens with zero attached hydrogens (tertiary/aromatic N) is 3. The average molecular weight is 577 g/mol. The number of hydrogen-bond acceptors (Lipinski definition) is 7. The van der Waals surface area contributed by atoms with Crippen molar-refractivity contribution in [3.05, 3.63) is 45.8 Å². The minimum absolute atomic E-state index is 0.00139. The molecular formula is C24H23BrClN5O5. The van der Waals surface area contributed by atoms with Crippen molar-refractivity contribution in [1.82, 2.24) is 14.9 Å². The number of nitrogens with one attached hydrogen (secondary N) is 2. The summed E-state index contributed by atoms with van der Waals surface area (Å²) in [5, 5.41) is 5.99. The van der Waals surface area contributed by atoms with E-state index in [0.29, 0.717) is 46.7 Å². The maximum atomic E-state index is 13.3. The van der Waals surface area contributed by atoms with E-state index >= 15 is 0 Å². The van der Waals surface area contributed by atoms with Crippen LogP contribution in [0.25, 0.3) is 11.1 Å². The lowest BCUT2D eigenvalue weighted by Gasteiger charge is -2.38. The number of amides is 3. The molecule has 10 nitrogen and oxygen atoms in total. The van der Waals surface area contributed by atoms with Crippen LogP contribution in [0.1, 0.15) is 36.2 Å². The molecule has 0 atom stereocenters. The molecule has 0 radical (unpaired) electrons. The number of ether oxygens (including phenoxy) is 1. The second kappa shape index (κ2) is 10.5. The maximum absolute atomic E-state index is 13.3. The van der Waals surface area contributed by atoms with Crippen molar-refractivity contribution < 1.29 is 23.5 Å². The van der Waals surface area contributed by atoms with Crippen LogP contribution in [0.5, 0.6) is 0 Å². The molecule has 1 aliphatic carbocycles. The molecule has 0 aromatic carbocycles. The Morgan fingerprint density at radius 3 is 2.64 bits per heavy atom. The summed E-state index contributed by atoms with van der Waals surface area (Å²) in [6, 6.07) is 6.64. The molecule has 5 rings (SSSR count). The van der Waals surface area contributed by atoms with Gasteiger partial charge in [0.1, 0.15) is 28.2 Å². The number of aromatic nitrogens is 2. The van der Waals surface area contributed by atoms with Gasteiger partial charge in [0, 0.05) is 24.7 Å². The van der Waals surface area contributed by atoms with E-state index in [1.54, 1.807) is 24.3 Å². The molecule has 4 heterocycles. The molecule has 0 bridgehead atoms. The summed E-state index contributed by atoms with van der Waals surface area (Å²) in [7, 11) is 0. The second-order valence-electron chi connectivity index (χ2n) is 8.74. The zero-order chi connectivity index (χ0) is 25.2. The molecule has 2 fully saturated rings. The Morgan fingerprint density at radius 2 is 1.92 bits per heavy atom. The van der Waals surface area contributed by atoms with E-state index in [-0.39, 0.29) is 47.6 Å². The minimum atomic E-state index is -0.580. The van der Waals surface area contributed by atoms with E-state index in [4.69, 9.17) is 20.8 Å². The molecule has 3 amide bonds. The number of rotatable bonds is 5. The van der Waals surface area contributed by atoms with Crippen LogP contribution in [0.2, 0.25) is 5.02 Å². The van der Waals surface area contributed by atoms with Gasteiger partial charge in [0.15, 0.2) is 5.58 Å². The highest BCUT2D eigenvalue weighted by Gasteiger charge is 2.34. The Balaban J connectivity index is 1.33. The molecule has 12 heteroatoms. The van der Waals surface area contributed by atoms with Gasteiger partial charge in [-0.15, -0.1) is 0 Å². The minimum Gasteiger partial charge on any atom is -0.447 e. The van der Waals surface area contributed by atoms with E-state index in [0.717, 1.165) is 12.8 Å². The normalized spacial score (nSPS) is 20.4. The molecule has 0 unspecified atom stereocenters. The largest absolute Gasteiger partial charge is 0.447 e. The van der Waals surface area contributed by atoms with E-state index < -0.39 is 5.91 Å². The molecule has 3 aromatic rings. The van der Waals surface area contributed by atoms with E-state index in [1.807, 2.05) is 4.90 Å². The van der Waals surface area contributed by atoms with Gasteiger partial charge in [-0.2, -0.15) is 0 Å². The topological polar surface area (TPSA) is 127 Å². The predicted octanol–water partition coefficient (Wildman–Crippen LogP) is 4.25. The summed E-state index contributed by atoms with van der Waals surface area (Å²) in [4.78, 5) is 48.9. The molecule has 1 saturated carbocycles. The highest BCUT2D eigenvalue weighted by molar-refractivity contribution is 9.10. The number of pyridine rings is 2. The van der Waals surface area contributed by atoms with Gasteiger partial charge < -0.3 is 24.7 Å². The van der Waals surface area contributed by atoms with Crippen LogP contribution in [-0.4, -0.2) is 58.4 Å². The van der Waals surface area contributed by atoms with Crippen LogP contribution in [0.3, 0.4) is 0 Å². The Morgan fingerprint density at radius 1 is 1.11 bits per heavy atom. The highest BCUT2D eigenvalue weighted by atomic mass is 79.9. The van der Waals surface area contributed by atoms with Crippen molar-refractivity contribution in [1.29, 1.82) is 0 Å². The van der Waals surface area contributed by atoms with Gasteiger partial charge in [-0.25, -0.2) is 9.97 Å². The second-order valence-corrected chi connectivity index (χ2v) is 9.99. The number of anilines is 2. The van der Waals surface area contributed by atoms with Gasteiger partial charge in [0.05, 0.1) is 11.6 Å². The first-order valence-electron chi connectivity index (χ1n) is 11.6. The molecule has 1 aliphatic heterocycles. The van der Waals surface area contributed by atoms with Gasteiger partial charge in [0.25, 0.3) is 5.91 Å². The standard InChI is InChI=1S/C24H23BrClN5O5/c25-17-7-6-16-20(28-17)21(22(36-16)24(34)29-18-8-3-14(26)11-27-18)30-23(33)13-1-4-15(5-2-13)31-9-10-35-12-19(31)32/h3,6-8,11,13,15H,1-2,4-5,9-10,12H2,(H,30,33)(H,27,29,34)/t13-,15-. The Hall–Kier alpha value is -3.02. The Kier molecular flexibility index (Phi) is 7.22. The van der Waals surface area contributed by atoms with E-state index in [2.05, 4.69) is 36.5 Å². The molecular weight excluding hydrogens is 554 g/mol. The van der Waals surface area contributed by atoms with Crippen molar-refractivity contribution in [2.75, 3.05) is 30.4 Å². The summed E-state index contributed by atoms with van der Waals surface area (Å²) in [5.74, 6) is -0.848. The predicted molar refractivity (Wildman–Crippen MR) is 136 cm³/mol. The highest BCUT2D eigenvalue weighted by Crippen LogP contribution is 2.34. The van der Waals surface area contributed by atoms with Gasteiger partial charge in [-0.3, -0.25) is 14.4 Å². The van der Waals surface area contributed by atoms with Gasteiger partial charge in [-0.05, 0) is 65.9 Å². The first-order chi connectivity index (χ1) is 17.4. The fourth-order valence-corrected chi connectivity index (χ4v) is 5.06. The average Bonchev–Trinajstić information content (AvgIpc) is 3.23. The van der Waals surface area contributed by atoms with Crippen LogP contribution in [0, 0.1) is 5.92 Å². The molecule has 1 saturated heterocycles. The third-order valence-corrected chi connectivity index (χ3v) is 7.12. The van der Waals surface area contributed by atoms with Crippen LogP contribution in [-0.2, 0) is 14.3 Å². The number of carbonyl (C=O) groups is 3. The lowest BCUT2D eigenvalue weighted by atomic mass is 9.84. The molecule has 0 spiro atoms. The van der Waals surface area contributed by atoms with Gasteiger partial charge >= 0.3 is 0 Å². The van der Waals surface area contributed by atoms with Crippen molar-refractivity contribution in [3.8, 4) is 0 Å². The van der Waals surface area contributed by atoms with Crippen molar-refractivity contribution in [2.24, 2.45) is 5.92 Å². The van der Waals surface area contributed by atoms with Crippen molar-refractivity contribution >= 4 is 67.9 Å². The molecule has 2 aliphatic rings. The zero-order valence-electron chi connectivity index (χ0n) is 19.1.